The first-order valence-electron chi connectivity index (χ1n) is 5.39. The Kier molecular flexibility index (Phi) is 6.32. The number of alkyl halides is 1. The van der Waals surface area contributed by atoms with Crippen molar-refractivity contribution in [2.75, 3.05) is 18.4 Å². The van der Waals surface area contributed by atoms with Crippen LogP contribution in [-0.2, 0) is 6.54 Å². The molecule has 0 radical (unpaired) electrons. The molecule has 0 fully saturated rings. The van der Waals surface area contributed by atoms with Crippen LogP contribution < -0.4 is 0 Å². The summed E-state index contributed by atoms with van der Waals surface area (Å²) in [6.07, 6.45) is 1.07. The Morgan fingerprint density at radius 1 is 1.44 bits per heavy atom. The molecule has 0 heterocycles. The molecule has 0 aliphatic heterocycles. The zero-order valence-corrected chi connectivity index (χ0v) is 11.7. The highest BCUT2D eigenvalue weighted by molar-refractivity contribution is 9.09. The van der Waals surface area contributed by atoms with Crippen molar-refractivity contribution in [1.82, 2.24) is 4.90 Å². The lowest BCUT2D eigenvalue weighted by Gasteiger charge is -2.20. The molecular weight excluding hydrogens is 292 g/mol. The summed E-state index contributed by atoms with van der Waals surface area (Å²) in [7, 11) is 0. The Labute approximate surface area is 110 Å². The van der Waals surface area contributed by atoms with Gasteiger partial charge in [-0.1, -0.05) is 40.5 Å². The van der Waals surface area contributed by atoms with Gasteiger partial charge in [0.2, 0.25) is 0 Å². The first-order valence-corrected chi connectivity index (χ1v) is 6.89. The normalized spacial score (nSPS) is 11.1. The number of nitrogens with zero attached hydrogens (tertiary/aromatic N) is 1. The number of benzene rings is 1. The molecule has 0 aliphatic rings. The molecule has 0 saturated heterocycles. The summed E-state index contributed by atoms with van der Waals surface area (Å²) in [6, 6.07) is 4.86. The Balaban J connectivity index is 2.62. The van der Waals surface area contributed by atoms with Crippen LogP contribution in [0.3, 0.4) is 0 Å². The Morgan fingerprint density at radius 3 is 2.75 bits per heavy atom. The average Bonchev–Trinajstić information content (AvgIpc) is 2.27. The minimum atomic E-state index is -0.218. The molecule has 0 bridgehead atoms. The van der Waals surface area contributed by atoms with E-state index < -0.39 is 0 Å². The molecule has 0 saturated carbocycles. The van der Waals surface area contributed by atoms with E-state index in [0.29, 0.717) is 17.1 Å². The van der Waals surface area contributed by atoms with Crippen molar-refractivity contribution < 1.29 is 4.39 Å². The lowest BCUT2D eigenvalue weighted by atomic mass is 10.2. The molecule has 0 atom stereocenters. The van der Waals surface area contributed by atoms with Crippen LogP contribution in [0.1, 0.15) is 18.9 Å². The van der Waals surface area contributed by atoms with Gasteiger partial charge in [0.05, 0.1) is 0 Å². The summed E-state index contributed by atoms with van der Waals surface area (Å²) in [4.78, 5) is 2.22. The van der Waals surface area contributed by atoms with Gasteiger partial charge in [0.1, 0.15) is 5.82 Å². The maximum Gasteiger partial charge on any atom is 0.129 e. The highest BCUT2D eigenvalue weighted by Gasteiger charge is 2.07. The molecule has 0 aliphatic carbocycles. The van der Waals surface area contributed by atoms with Gasteiger partial charge < -0.3 is 0 Å². The second-order valence-corrected chi connectivity index (χ2v) is 4.88. The molecule has 16 heavy (non-hydrogen) atoms. The first-order chi connectivity index (χ1) is 7.67. The summed E-state index contributed by atoms with van der Waals surface area (Å²) in [5.74, 6) is -0.218. The topological polar surface area (TPSA) is 3.24 Å². The summed E-state index contributed by atoms with van der Waals surface area (Å²) >= 11 is 9.11. The zero-order valence-electron chi connectivity index (χ0n) is 9.35. The van der Waals surface area contributed by atoms with E-state index in [9.17, 15) is 4.39 Å². The van der Waals surface area contributed by atoms with Crippen LogP contribution in [0.25, 0.3) is 0 Å². The second kappa shape index (κ2) is 7.25. The van der Waals surface area contributed by atoms with Crippen LogP contribution in [0.5, 0.6) is 0 Å². The van der Waals surface area contributed by atoms with Crippen molar-refractivity contribution in [3.8, 4) is 0 Å². The molecule has 0 unspecified atom stereocenters. The smallest absolute Gasteiger partial charge is 0.129 e. The quantitative estimate of drug-likeness (QED) is 0.716. The van der Waals surface area contributed by atoms with Gasteiger partial charge in [0.15, 0.2) is 0 Å². The van der Waals surface area contributed by atoms with Gasteiger partial charge in [-0.25, -0.2) is 4.39 Å². The molecular formula is C12H16BrClFN. The van der Waals surface area contributed by atoms with Crippen LogP contribution in [-0.4, -0.2) is 23.3 Å². The standard InChI is InChI=1S/C12H16BrClFN/c1-2-16(7-3-6-13)9-10-4-5-11(14)8-12(10)15/h4-5,8H,2-3,6-7,9H2,1H3. The summed E-state index contributed by atoms with van der Waals surface area (Å²) < 4.78 is 13.5. The van der Waals surface area contributed by atoms with E-state index in [1.54, 1.807) is 12.1 Å². The maximum atomic E-state index is 13.5. The predicted molar refractivity (Wildman–Crippen MR) is 70.8 cm³/mol. The van der Waals surface area contributed by atoms with Crippen molar-refractivity contribution in [3.05, 3.63) is 34.6 Å². The molecule has 1 rings (SSSR count). The van der Waals surface area contributed by atoms with Gasteiger partial charge in [-0.2, -0.15) is 0 Å². The lowest BCUT2D eigenvalue weighted by molar-refractivity contribution is 0.277. The van der Waals surface area contributed by atoms with Gasteiger partial charge in [-0.05, 0) is 31.6 Å². The predicted octanol–water partition coefficient (Wildman–Crippen LogP) is 4.09. The van der Waals surface area contributed by atoms with E-state index in [4.69, 9.17) is 11.6 Å². The maximum absolute atomic E-state index is 13.5. The molecule has 0 amide bonds. The van der Waals surface area contributed by atoms with E-state index >= 15 is 0 Å². The fourth-order valence-electron chi connectivity index (χ4n) is 1.52. The molecule has 0 spiro atoms. The SMILES string of the molecule is CCN(CCCBr)Cc1ccc(Cl)cc1F. The highest BCUT2D eigenvalue weighted by Crippen LogP contribution is 2.16. The summed E-state index contributed by atoms with van der Waals surface area (Å²) in [5.41, 5.74) is 0.709. The molecule has 1 aromatic rings. The van der Waals surface area contributed by atoms with Gasteiger partial charge in [0.25, 0.3) is 0 Å². The first kappa shape index (κ1) is 13.9. The van der Waals surface area contributed by atoms with Crippen LogP contribution in [0.15, 0.2) is 18.2 Å². The largest absolute Gasteiger partial charge is 0.299 e. The van der Waals surface area contributed by atoms with Crippen molar-refractivity contribution in [1.29, 1.82) is 0 Å². The van der Waals surface area contributed by atoms with Crippen molar-refractivity contribution in [2.24, 2.45) is 0 Å². The third-order valence-electron chi connectivity index (χ3n) is 2.46. The number of halogens is 3. The van der Waals surface area contributed by atoms with E-state index in [2.05, 4.69) is 27.8 Å². The van der Waals surface area contributed by atoms with Gasteiger partial charge in [-0.3, -0.25) is 4.90 Å². The van der Waals surface area contributed by atoms with Crippen molar-refractivity contribution >= 4 is 27.5 Å². The number of hydrogen-bond acceptors (Lipinski definition) is 1. The van der Waals surface area contributed by atoms with E-state index in [1.807, 2.05) is 0 Å². The minimum absolute atomic E-state index is 0.218. The lowest BCUT2D eigenvalue weighted by Crippen LogP contribution is -2.24. The molecule has 0 N–H and O–H groups in total. The highest BCUT2D eigenvalue weighted by atomic mass is 79.9. The second-order valence-electron chi connectivity index (χ2n) is 3.65. The van der Waals surface area contributed by atoms with E-state index in [1.165, 1.54) is 6.07 Å². The third kappa shape index (κ3) is 4.40. The fraction of sp³-hybridized carbons (Fsp3) is 0.500. The summed E-state index contributed by atoms with van der Waals surface area (Å²) in [6.45, 7) is 4.63. The molecule has 0 aromatic heterocycles. The van der Waals surface area contributed by atoms with Gasteiger partial charge in [-0.15, -0.1) is 0 Å². The Morgan fingerprint density at radius 2 is 2.19 bits per heavy atom. The van der Waals surface area contributed by atoms with E-state index in [-0.39, 0.29) is 5.82 Å². The van der Waals surface area contributed by atoms with Gasteiger partial charge >= 0.3 is 0 Å². The summed E-state index contributed by atoms with van der Waals surface area (Å²) in [5, 5.41) is 1.43. The average molecular weight is 309 g/mol. The molecule has 1 aromatic carbocycles. The van der Waals surface area contributed by atoms with Crippen molar-refractivity contribution in [3.63, 3.8) is 0 Å². The number of rotatable bonds is 6. The molecule has 1 nitrogen and oxygen atoms in total. The van der Waals surface area contributed by atoms with Crippen LogP contribution in [0.4, 0.5) is 4.39 Å². The Bertz CT molecular complexity index is 333. The zero-order chi connectivity index (χ0) is 12.0. The van der Waals surface area contributed by atoms with Crippen molar-refractivity contribution in [2.45, 2.75) is 19.9 Å². The molecule has 90 valence electrons. The number of hydrogen-bond donors (Lipinski definition) is 0. The Hall–Kier alpha value is -0.120. The van der Waals surface area contributed by atoms with Crippen LogP contribution in [0, 0.1) is 5.82 Å². The minimum Gasteiger partial charge on any atom is -0.299 e. The van der Waals surface area contributed by atoms with E-state index in [0.717, 1.165) is 24.8 Å². The fourth-order valence-corrected chi connectivity index (χ4v) is 1.93. The third-order valence-corrected chi connectivity index (χ3v) is 3.26. The van der Waals surface area contributed by atoms with Crippen LogP contribution in [0.2, 0.25) is 5.02 Å². The van der Waals surface area contributed by atoms with Crippen LogP contribution >= 0.6 is 27.5 Å². The van der Waals surface area contributed by atoms with Gasteiger partial charge in [0, 0.05) is 22.5 Å². The monoisotopic (exact) mass is 307 g/mol. The molecule has 4 heteroatoms.